The molecular formula is C15H16N6O. The molecule has 0 fully saturated rings. The van der Waals surface area contributed by atoms with E-state index in [1.165, 1.54) is 6.07 Å². The van der Waals surface area contributed by atoms with Crippen LogP contribution in [0.2, 0.25) is 0 Å². The van der Waals surface area contributed by atoms with Crippen molar-refractivity contribution in [2.45, 2.75) is 20.8 Å². The molecule has 0 saturated heterocycles. The fraction of sp³-hybridized carbons (Fsp3) is 0.200. The predicted molar refractivity (Wildman–Crippen MR) is 85.1 cm³/mol. The van der Waals surface area contributed by atoms with Gasteiger partial charge in [-0.05, 0) is 38.0 Å². The number of H-pyrrole nitrogens is 1. The van der Waals surface area contributed by atoms with Gasteiger partial charge in [0.05, 0.1) is 5.69 Å². The topological polar surface area (TPSA) is 101 Å². The van der Waals surface area contributed by atoms with Gasteiger partial charge in [-0.25, -0.2) is 4.52 Å². The Kier molecular flexibility index (Phi) is 3.25. The molecule has 2 aromatic heterocycles. The van der Waals surface area contributed by atoms with Crippen LogP contribution in [0, 0.1) is 20.8 Å². The van der Waals surface area contributed by atoms with Crippen molar-refractivity contribution < 1.29 is 0 Å². The number of anilines is 1. The number of nitrogens with one attached hydrogen (secondary N) is 1. The zero-order chi connectivity index (χ0) is 15.9. The second kappa shape index (κ2) is 5.10. The maximum absolute atomic E-state index is 11.6. The van der Waals surface area contributed by atoms with Crippen LogP contribution < -0.4 is 11.3 Å². The Labute approximate surface area is 126 Å². The summed E-state index contributed by atoms with van der Waals surface area (Å²) in [6, 6.07) is 7.38. The number of azo groups is 1. The molecule has 0 radical (unpaired) electrons. The highest BCUT2D eigenvalue weighted by molar-refractivity contribution is 5.75. The Morgan fingerprint density at radius 2 is 1.95 bits per heavy atom. The van der Waals surface area contributed by atoms with Gasteiger partial charge in [0.15, 0.2) is 17.2 Å². The first-order chi connectivity index (χ1) is 10.5. The zero-order valence-electron chi connectivity index (χ0n) is 12.6. The molecule has 0 saturated carbocycles. The van der Waals surface area contributed by atoms with Crippen LogP contribution in [0.5, 0.6) is 0 Å². The minimum absolute atomic E-state index is 0.221. The van der Waals surface area contributed by atoms with Crippen molar-refractivity contribution in [3.8, 4) is 0 Å². The van der Waals surface area contributed by atoms with Crippen LogP contribution >= 0.6 is 0 Å². The minimum atomic E-state index is -0.229. The summed E-state index contributed by atoms with van der Waals surface area (Å²) < 4.78 is 1.55. The number of hydrogen-bond acceptors (Lipinski definition) is 5. The third kappa shape index (κ3) is 2.37. The van der Waals surface area contributed by atoms with E-state index in [0.29, 0.717) is 17.0 Å². The lowest BCUT2D eigenvalue weighted by Crippen LogP contribution is -2.09. The maximum Gasteiger partial charge on any atom is 0.251 e. The lowest BCUT2D eigenvalue weighted by molar-refractivity contribution is 0.891. The Hall–Kier alpha value is -2.96. The smallest absolute Gasteiger partial charge is 0.251 e. The van der Waals surface area contributed by atoms with Gasteiger partial charge in [-0.15, -0.1) is 10.2 Å². The Morgan fingerprint density at radius 1 is 1.18 bits per heavy atom. The van der Waals surface area contributed by atoms with Gasteiger partial charge in [-0.1, -0.05) is 12.1 Å². The summed E-state index contributed by atoms with van der Waals surface area (Å²) >= 11 is 0. The standard InChI is InChI=1S/C15H16N6O/c1-8-4-5-9(2)11(6-8)18-19-13-14(16)20-21-10(3)7-12(22)17-15(13)21/h4-7H,1-3H3,(H2,16,20)(H,17,22). The van der Waals surface area contributed by atoms with Crippen molar-refractivity contribution in [3.63, 3.8) is 0 Å². The van der Waals surface area contributed by atoms with E-state index < -0.39 is 0 Å². The van der Waals surface area contributed by atoms with E-state index in [0.717, 1.165) is 16.8 Å². The average molecular weight is 296 g/mol. The summed E-state index contributed by atoms with van der Waals surface area (Å²) in [5.74, 6) is 0.221. The first-order valence-corrected chi connectivity index (χ1v) is 6.83. The molecule has 0 spiro atoms. The van der Waals surface area contributed by atoms with Crippen molar-refractivity contribution in [2.75, 3.05) is 5.73 Å². The molecular weight excluding hydrogens is 280 g/mol. The summed E-state index contributed by atoms with van der Waals surface area (Å²) in [4.78, 5) is 14.3. The normalized spacial score (nSPS) is 11.6. The van der Waals surface area contributed by atoms with Crippen molar-refractivity contribution in [1.29, 1.82) is 0 Å². The molecule has 3 aromatic rings. The van der Waals surface area contributed by atoms with Crippen LogP contribution in [-0.4, -0.2) is 14.6 Å². The van der Waals surface area contributed by atoms with Crippen LogP contribution in [0.15, 0.2) is 39.3 Å². The number of hydrogen-bond donors (Lipinski definition) is 2. The van der Waals surface area contributed by atoms with Crippen LogP contribution in [0.3, 0.4) is 0 Å². The van der Waals surface area contributed by atoms with Crippen LogP contribution in [-0.2, 0) is 0 Å². The molecule has 0 bridgehead atoms. The molecule has 7 heteroatoms. The molecule has 0 amide bonds. The highest BCUT2D eigenvalue weighted by atomic mass is 16.1. The molecule has 3 N–H and O–H groups in total. The molecule has 3 rings (SSSR count). The molecule has 2 heterocycles. The van der Waals surface area contributed by atoms with Crippen LogP contribution in [0.4, 0.5) is 17.2 Å². The number of nitrogens with two attached hydrogens (primary N) is 1. The van der Waals surface area contributed by atoms with Gasteiger partial charge < -0.3 is 10.7 Å². The lowest BCUT2D eigenvalue weighted by atomic mass is 10.1. The second-order valence-electron chi connectivity index (χ2n) is 5.26. The van der Waals surface area contributed by atoms with Crippen LogP contribution in [0.1, 0.15) is 16.8 Å². The quantitative estimate of drug-likeness (QED) is 0.711. The van der Waals surface area contributed by atoms with E-state index in [-0.39, 0.29) is 11.4 Å². The largest absolute Gasteiger partial charge is 0.380 e. The van der Waals surface area contributed by atoms with E-state index in [1.54, 1.807) is 11.4 Å². The number of aromatic nitrogens is 3. The zero-order valence-corrected chi connectivity index (χ0v) is 12.6. The van der Waals surface area contributed by atoms with Gasteiger partial charge in [0.25, 0.3) is 5.56 Å². The first kappa shape index (κ1) is 14.0. The number of nitrogens with zero attached hydrogens (tertiary/aromatic N) is 4. The van der Waals surface area contributed by atoms with E-state index in [1.807, 2.05) is 32.0 Å². The van der Waals surface area contributed by atoms with Gasteiger partial charge in [0.1, 0.15) is 0 Å². The predicted octanol–water partition coefficient (Wildman–Crippen LogP) is 2.95. The molecule has 0 atom stereocenters. The van der Waals surface area contributed by atoms with E-state index in [9.17, 15) is 4.79 Å². The molecule has 0 aliphatic heterocycles. The summed E-state index contributed by atoms with van der Waals surface area (Å²) in [5, 5.41) is 12.6. The van der Waals surface area contributed by atoms with E-state index in [2.05, 4.69) is 20.3 Å². The lowest BCUT2D eigenvalue weighted by Gasteiger charge is -2.00. The number of benzene rings is 1. The SMILES string of the molecule is Cc1ccc(C)c(N=Nc2c(N)nn3c(C)cc(=O)[nH]c23)c1. The summed E-state index contributed by atoms with van der Waals surface area (Å²) in [6.07, 6.45) is 0. The number of aryl methyl sites for hydroxylation is 3. The first-order valence-electron chi connectivity index (χ1n) is 6.83. The fourth-order valence-electron chi connectivity index (χ4n) is 2.23. The van der Waals surface area contributed by atoms with Crippen molar-refractivity contribution in [3.05, 3.63) is 51.4 Å². The fourth-order valence-corrected chi connectivity index (χ4v) is 2.23. The molecule has 0 aliphatic carbocycles. The number of nitrogen functional groups attached to an aromatic ring is 1. The summed E-state index contributed by atoms with van der Waals surface area (Å²) in [5.41, 5.74) is 10.0. The molecule has 22 heavy (non-hydrogen) atoms. The molecule has 0 aliphatic rings. The second-order valence-corrected chi connectivity index (χ2v) is 5.26. The van der Waals surface area contributed by atoms with Gasteiger partial charge in [0.2, 0.25) is 0 Å². The third-order valence-corrected chi connectivity index (χ3v) is 3.42. The molecule has 1 aromatic carbocycles. The van der Waals surface area contributed by atoms with Crippen molar-refractivity contribution in [2.24, 2.45) is 10.2 Å². The number of rotatable bonds is 2. The average Bonchev–Trinajstić information content (AvgIpc) is 2.76. The molecule has 7 nitrogen and oxygen atoms in total. The van der Waals surface area contributed by atoms with Crippen molar-refractivity contribution in [1.82, 2.24) is 14.6 Å². The maximum atomic E-state index is 11.6. The monoisotopic (exact) mass is 296 g/mol. The summed E-state index contributed by atoms with van der Waals surface area (Å²) in [7, 11) is 0. The molecule has 0 unspecified atom stereocenters. The van der Waals surface area contributed by atoms with Crippen molar-refractivity contribution >= 4 is 22.8 Å². The summed E-state index contributed by atoms with van der Waals surface area (Å²) in [6.45, 7) is 5.72. The number of aromatic amines is 1. The third-order valence-electron chi connectivity index (χ3n) is 3.42. The minimum Gasteiger partial charge on any atom is -0.380 e. The van der Waals surface area contributed by atoms with Crippen LogP contribution in [0.25, 0.3) is 5.65 Å². The Morgan fingerprint density at radius 3 is 2.73 bits per heavy atom. The van der Waals surface area contributed by atoms with E-state index in [4.69, 9.17) is 5.73 Å². The molecule has 112 valence electrons. The van der Waals surface area contributed by atoms with E-state index >= 15 is 0 Å². The van der Waals surface area contributed by atoms with Gasteiger partial charge >= 0.3 is 0 Å². The highest BCUT2D eigenvalue weighted by Gasteiger charge is 2.12. The van der Waals surface area contributed by atoms with Gasteiger partial charge in [0, 0.05) is 11.8 Å². The van der Waals surface area contributed by atoms with Gasteiger partial charge in [-0.2, -0.15) is 5.11 Å². The highest BCUT2D eigenvalue weighted by Crippen LogP contribution is 2.29. The number of fused-ring (bicyclic) bond motifs is 1. The van der Waals surface area contributed by atoms with Gasteiger partial charge in [-0.3, -0.25) is 4.79 Å². The Bertz CT molecular complexity index is 951. The Balaban J connectivity index is 2.15.